The SMILES string of the molecule is Cc1cc(C#N)nc(Nc2cc(Cl)c3ccn(C(=O)OC(C)(C)C)c3c2)c1. The molecule has 0 bridgehead atoms. The summed E-state index contributed by atoms with van der Waals surface area (Å²) in [5.74, 6) is 0.525. The first kappa shape index (κ1) is 18.7. The van der Waals surface area contributed by atoms with E-state index in [1.165, 1.54) is 4.57 Å². The van der Waals surface area contributed by atoms with E-state index in [0.29, 0.717) is 27.7 Å². The van der Waals surface area contributed by atoms with Gasteiger partial charge in [0.05, 0.1) is 10.5 Å². The number of carbonyl (C=O) groups excluding carboxylic acids is 1. The van der Waals surface area contributed by atoms with Crippen molar-refractivity contribution in [3.05, 3.63) is 52.8 Å². The highest BCUT2D eigenvalue weighted by Gasteiger charge is 2.20. The number of anilines is 2. The minimum Gasteiger partial charge on any atom is -0.443 e. The molecule has 0 saturated heterocycles. The van der Waals surface area contributed by atoms with Gasteiger partial charge in [0.2, 0.25) is 0 Å². The van der Waals surface area contributed by atoms with E-state index in [4.69, 9.17) is 21.6 Å². The molecule has 0 spiro atoms. The lowest BCUT2D eigenvalue weighted by Gasteiger charge is -2.20. The van der Waals surface area contributed by atoms with E-state index in [1.54, 1.807) is 30.5 Å². The number of aromatic nitrogens is 2. The lowest BCUT2D eigenvalue weighted by Crippen LogP contribution is -2.26. The van der Waals surface area contributed by atoms with Crippen molar-refractivity contribution in [1.82, 2.24) is 9.55 Å². The van der Waals surface area contributed by atoms with Gasteiger partial charge >= 0.3 is 6.09 Å². The van der Waals surface area contributed by atoms with Crippen LogP contribution >= 0.6 is 11.6 Å². The van der Waals surface area contributed by atoms with Gasteiger partial charge in [0.15, 0.2) is 0 Å². The summed E-state index contributed by atoms with van der Waals surface area (Å²) in [5.41, 5.74) is 1.90. The van der Waals surface area contributed by atoms with E-state index < -0.39 is 11.7 Å². The number of nitrogens with one attached hydrogen (secondary N) is 1. The summed E-state index contributed by atoms with van der Waals surface area (Å²) in [6.07, 6.45) is 1.15. The topological polar surface area (TPSA) is 79.9 Å². The van der Waals surface area contributed by atoms with Crippen molar-refractivity contribution in [3.8, 4) is 6.07 Å². The number of carbonyl (C=O) groups is 1. The zero-order valence-electron chi connectivity index (χ0n) is 15.5. The third kappa shape index (κ3) is 4.21. The molecule has 0 saturated carbocycles. The molecule has 0 fully saturated rings. The molecule has 0 aliphatic carbocycles. The third-order valence-corrected chi connectivity index (χ3v) is 4.02. The first-order chi connectivity index (χ1) is 12.7. The predicted molar refractivity (Wildman–Crippen MR) is 106 cm³/mol. The van der Waals surface area contributed by atoms with Gasteiger partial charge in [0.25, 0.3) is 0 Å². The predicted octanol–water partition coefficient (Wildman–Crippen LogP) is 5.40. The molecule has 0 amide bonds. The van der Waals surface area contributed by atoms with Crippen molar-refractivity contribution in [2.45, 2.75) is 33.3 Å². The van der Waals surface area contributed by atoms with Crippen LogP contribution in [0.15, 0.2) is 36.5 Å². The van der Waals surface area contributed by atoms with Gasteiger partial charge in [0, 0.05) is 17.3 Å². The molecule has 0 radical (unpaired) electrons. The fourth-order valence-corrected chi connectivity index (χ4v) is 2.95. The number of aryl methyl sites for hydroxylation is 1. The third-order valence-electron chi connectivity index (χ3n) is 3.70. The Bertz CT molecular complexity index is 1070. The molecule has 1 aromatic carbocycles. The summed E-state index contributed by atoms with van der Waals surface area (Å²) < 4.78 is 6.87. The molecule has 6 nitrogen and oxygen atoms in total. The Morgan fingerprint density at radius 1 is 1.30 bits per heavy atom. The Labute approximate surface area is 162 Å². The highest BCUT2D eigenvalue weighted by Crippen LogP contribution is 2.31. The largest absolute Gasteiger partial charge is 0.443 e. The quantitative estimate of drug-likeness (QED) is 0.642. The van der Waals surface area contributed by atoms with E-state index >= 15 is 0 Å². The van der Waals surface area contributed by atoms with Crippen LogP contribution in [0.2, 0.25) is 5.02 Å². The molecule has 2 heterocycles. The summed E-state index contributed by atoms with van der Waals surface area (Å²) in [4.78, 5) is 16.7. The summed E-state index contributed by atoms with van der Waals surface area (Å²) in [5, 5.41) is 13.5. The lowest BCUT2D eigenvalue weighted by molar-refractivity contribution is 0.0544. The van der Waals surface area contributed by atoms with Crippen LogP contribution in [0.25, 0.3) is 10.9 Å². The van der Waals surface area contributed by atoms with Crippen LogP contribution in [-0.4, -0.2) is 21.2 Å². The fourth-order valence-electron chi connectivity index (χ4n) is 2.68. The smallest absolute Gasteiger partial charge is 0.418 e. The molecular formula is C20H19ClN4O2. The Hall–Kier alpha value is -3.04. The molecule has 3 aromatic rings. The molecule has 27 heavy (non-hydrogen) atoms. The number of halogens is 1. The monoisotopic (exact) mass is 382 g/mol. The van der Waals surface area contributed by atoms with Crippen LogP contribution in [-0.2, 0) is 4.74 Å². The maximum absolute atomic E-state index is 12.5. The van der Waals surface area contributed by atoms with Gasteiger partial charge in [-0.05, 0) is 63.6 Å². The van der Waals surface area contributed by atoms with E-state index in [2.05, 4.69) is 10.3 Å². The standard InChI is InChI=1S/C20H19ClN4O2/c1-12-7-14(11-22)24-18(8-12)23-13-9-16(21)15-5-6-25(17(15)10-13)19(26)27-20(2,3)4/h5-10H,1-4H3,(H,23,24). The summed E-state index contributed by atoms with van der Waals surface area (Å²) in [6.45, 7) is 7.32. The average molecular weight is 383 g/mol. The number of pyridine rings is 1. The normalized spacial score (nSPS) is 11.3. The first-order valence-corrected chi connectivity index (χ1v) is 8.74. The Morgan fingerprint density at radius 3 is 2.70 bits per heavy atom. The number of rotatable bonds is 2. The number of ether oxygens (including phenoxy) is 1. The van der Waals surface area contributed by atoms with Gasteiger partial charge in [-0.25, -0.2) is 9.78 Å². The molecule has 1 N–H and O–H groups in total. The van der Waals surface area contributed by atoms with Crippen LogP contribution < -0.4 is 5.32 Å². The number of benzene rings is 1. The van der Waals surface area contributed by atoms with Crippen LogP contribution in [0.3, 0.4) is 0 Å². The Kier molecular flexibility index (Phi) is 4.81. The van der Waals surface area contributed by atoms with E-state index in [1.807, 2.05) is 39.8 Å². The minimum absolute atomic E-state index is 0.321. The molecule has 0 aliphatic rings. The van der Waals surface area contributed by atoms with E-state index in [0.717, 1.165) is 10.9 Å². The number of hydrogen-bond acceptors (Lipinski definition) is 5. The second kappa shape index (κ2) is 6.93. The van der Waals surface area contributed by atoms with Crippen molar-refractivity contribution in [2.75, 3.05) is 5.32 Å². The zero-order chi connectivity index (χ0) is 19.8. The molecule has 0 atom stereocenters. The fraction of sp³-hybridized carbons (Fsp3) is 0.250. The van der Waals surface area contributed by atoms with Crippen molar-refractivity contribution >= 4 is 40.1 Å². The van der Waals surface area contributed by atoms with Crippen molar-refractivity contribution in [2.24, 2.45) is 0 Å². The molecule has 7 heteroatoms. The average Bonchev–Trinajstić information content (AvgIpc) is 2.97. The second-order valence-corrected chi connectivity index (χ2v) is 7.62. The van der Waals surface area contributed by atoms with Crippen molar-refractivity contribution < 1.29 is 9.53 Å². The van der Waals surface area contributed by atoms with Gasteiger partial charge in [-0.15, -0.1) is 0 Å². The number of nitriles is 1. The molecule has 3 rings (SSSR count). The summed E-state index contributed by atoms with van der Waals surface area (Å²) >= 11 is 6.39. The molecule has 0 unspecified atom stereocenters. The van der Waals surface area contributed by atoms with Gasteiger partial charge in [0.1, 0.15) is 23.2 Å². The number of hydrogen-bond donors (Lipinski definition) is 1. The van der Waals surface area contributed by atoms with Gasteiger partial charge in [-0.1, -0.05) is 11.6 Å². The highest BCUT2D eigenvalue weighted by atomic mass is 35.5. The molecule has 0 aliphatic heterocycles. The second-order valence-electron chi connectivity index (χ2n) is 7.21. The Balaban J connectivity index is 2.01. The summed E-state index contributed by atoms with van der Waals surface area (Å²) in [7, 11) is 0. The van der Waals surface area contributed by atoms with Gasteiger partial charge in [-0.2, -0.15) is 5.26 Å². The number of fused-ring (bicyclic) bond motifs is 1. The van der Waals surface area contributed by atoms with E-state index in [9.17, 15) is 4.79 Å². The first-order valence-electron chi connectivity index (χ1n) is 8.36. The molecular weight excluding hydrogens is 364 g/mol. The van der Waals surface area contributed by atoms with Crippen LogP contribution in [0.1, 0.15) is 32.0 Å². The molecule has 138 valence electrons. The maximum Gasteiger partial charge on any atom is 0.418 e. The maximum atomic E-state index is 12.5. The van der Waals surface area contributed by atoms with Gasteiger partial charge < -0.3 is 10.1 Å². The van der Waals surface area contributed by atoms with Crippen molar-refractivity contribution in [3.63, 3.8) is 0 Å². The van der Waals surface area contributed by atoms with Crippen LogP contribution in [0.5, 0.6) is 0 Å². The lowest BCUT2D eigenvalue weighted by atomic mass is 10.2. The highest BCUT2D eigenvalue weighted by molar-refractivity contribution is 6.36. The van der Waals surface area contributed by atoms with Crippen LogP contribution in [0, 0.1) is 18.3 Å². The molecule has 2 aromatic heterocycles. The summed E-state index contributed by atoms with van der Waals surface area (Å²) in [6, 6.07) is 10.9. The Morgan fingerprint density at radius 2 is 2.04 bits per heavy atom. The van der Waals surface area contributed by atoms with E-state index in [-0.39, 0.29) is 0 Å². The zero-order valence-corrected chi connectivity index (χ0v) is 16.3. The number of nitrogens with zero attached hydrogens (tertiary/aromatic N) is 3. The van der Waals surface area contributed by atoms with Crippen molar-refractivity contribution in [1.29, 1.82) is 5.26 Å². The minimum atomic E-state index is -0.605. The van der Waals surface area contributed by atoms with Gasteiger partial charge in [-0.3, -0.25) is 4.57 Å². The van der Waals surface area contributed by atoms with Crippen LogP contribution in [0.4, 0.5) is 16.3 Å².